The Bertz CT molecular complexity index is 1040. The second-order valence-electron chi connectivity index (χ2n) is 7.01. The Morgan fingerprint density at radius 1 is 0.900 bits per heavy atom. The Labute approximate surface area is 171 Å². The summed E-state index contributed by atoms with van der Waals surface area (Å²) in [5.74, 6) is -0.905. The molecular formula is C21H20F3N5O. The largest absolute Gasteiger partial charge is 0.451 e. The summed E-state index contributed by atoms with van der Waals surface area (Å²) in [5, 5.41) is 3.41. The lowest BCUT2D eigenvalue weighted by atomic mass is 10.2. The average molecular weight is 415 g/mol. The van der Waals surface area contributed by atoms with Crippen molar-refractivity contribution in [2.75, 3.05) is 36.4 Å². The first kappa shape index (κ1) is 19.9. The van der Waals surface area contributed by atoms with Crippen molar-refractivity contribution in [3.63, 3.8) is 0 Å². The Morgan fingerprint density at radius 3 is 2.40 bits per heavy atom. The molecule has 1 aliphatic rings. The number of urea groups is 1. The van der Waals surface area contributed by atoms with E-state index in [9.17, 15) is 18.0 Å². The Balaban J connectivity index is 1.56. The van der Waals surface area contributed by atoms with Crippen molar-refractivity contribution in [2.45, 2.75) is 12.6 Å². The van der Waals surface area contributed by atoms with Crippen LogP contribution >= 0.6 is 0 Å². The number of fused-ring (bicyclic) bond motifs is 1. The molecule has 156 valence electrons. The summed E-state index contributed by atoms with van der Waals surface area (Å²) in [6, 6.07) is 15.6. The number of rotatable bonds is 2. The first-order valence-corrected chi connectivity index (χ1v) is 9.62. The van der Waals surface area contributed by atoms with Gasteiger partial charge in [0.15, 0.2) is 0 Å². The molecule has 1 N–H and O–H groups in total. The molecule has 9 heteroatoms. The van der Waals surface area contributed by atoms with Crippen LogP contribution in [0, 0.1) is 0 Å². The van der Waals surface area contributed by atoms with Gasteiger partial charge in [0.2, 0.25) is 5.82 Å². The Morgan fingerprint density at radius 2 is 1.63 bits per heavy atom. The number of alkyl halides is 3. The highest BCUT2D eigenvalue weighted by Gasteiger charge is 2.36. The van der Waals surface area contributed by atoms with Crippen molar-refractivity contribution in [2.24, 2.45) is 0 Å². The van der Waals surface area contributed by atoms with Gasteiger partial charge in [0.05, 0.1) is 5.52 Å². The number of benzene rings is 2. The molecule has 1 aromatic heterocycles. The molecule has 0 saturated carbocycles. The standard InChI is InChI=1S/C21H20F3N5O/c22-21(23,24)19-26-17-10-5-4-9-16(17)18(27-19)28-11-6-12-29(14-13-28)20(30)25-15-7-2-1-3-8-15/h1-5,7-10H,6,11-14H2,(H,25,30). The van der Waals surface area contributed by atoms with Crippen molar-refractivity contribution in [1.82, 2.24) is 14.9 Å². The molecule has 0 unspecified atom stereocenters. The summed E-state index contributed by atoms with van der Waals surface area (Å²) < 4.78 is 39.9. The number of carbonyl (C=O) groups excluding carboxylic acids is 1. The van der Waals surface area contributed by atoms with Crippen LogP contribution in [0.5, 0.6) is 0 Å². The predicted molar refractivity (Wildman–Crippen MR) is 108 cm³/mol. The number of para-hydroxylation sites is 2. The predicted octanol–water partition coefficient (Wildman–Crippen LogP) is 4.39. The molecule has 0 aliphatic carbocycles. The molecule has 2 heterocycles. The maximum absolute atomic E-state index is 13.3. The highest BCUT2D eigenvalue weighted by atomic mass is 19.4. The molecule has 0 atom stereocenters. The van der Waals surface area contributed by atoms with Gasteiger partial charge in [0.1, 0.15) is 5.82 Å². The van der Waals surface area contributed by atoms with Crippen LogP contribution < -0.4 is 10.2 Å². The van der Waals surface area contributed by atoms with E-state index < -0.39 is 12.0 Å². The summed E-state index contributed by atoms with van der Waals surface area (Å²) in [4.78, 5) is 23.6. The maximum atomic E-state index is 13.3. The normalized spacial score (nSPS) is 15.2. The molecule has 6 nitrogen and oxygen atoms in total. The maximum Gasteiger partial charge on any atom is 0.451 e. The average Bonchev–Trinajstić information content (AvgIpc) is 2.99. The highest BCUT2D eigenvalue weighted by molar-refractivity contribution is 5.90. The third-order valence-corrected chi connectivity index (χ3v) is 4.94. The lowest BCUT2D eigenvalue weighted by Gasteiger charge is -2.24. The SMILES string of the molecule is O=C(Nc1ccccc1)N1CCCN(c2nc(C(F)(F)F)nc3ccccc23)CC1. The van der Waals surface area contributed by atoms with Crippen molar-refractivity contribution in [3.05, 3.63) is 60.4 Å². The van der Waals surface area contributed by atoms with Crippen molar-refractivity contribution in [3.8, 4) is 0 Å². The van der Waals surface area contributed by atoms with Gasteiger partial charge >= 0.3 is 12.2 Å². The molecule has 2 amide bonds. The van der Waals surface area contributed by atoms with E-state index in [1.54, 1.807) is 46.2 Å². The topological polar surface area (TPSA) is 61.4 Å². The van der Waals surface area contributed by atoms with Gasteiger partial charge in [-0.2, -0.15) is 13.2 Å². The molecule has 0 bridgehead atoms. The van der Waals surface area contributed by atoms with E-state index in [4.69, 9.17) is 0 Å². The van der Waals surface area contributed by atoms with Gasteiger partial charge in [0, 0.05) is 37.3 Å². The van der Waals surface area contributed by atoms with Crippen LogP contribution in [0.3, 0.4) is 0 Å². The van der Waals surface area contributed by atoms with Gasteiger partial charge < -0.3 is 15.1 Å². The van der Waals surface area contributed by atoms with E-state index in [0.29, 0.717) is 43.7 Å². The van der Waals surface area contributed by atoms with Crippen molar-refractivity contribution in [1.29, 1.82) is 0 Å². The first-order valence-electron chi connectivity index (χ1n) is 9.62. The van der Waals surface area contributed by atoms with Crippen molar-refractivity contribution < 1.29 is 18.0 Å². The van der Waals surface area contributed by atoms with E-state index >= 15 is 0 Å². The number of amides is 2. The lowest BCUT2D eigenvalue weighted by molar-refractivity contribution is -0.144. The van der Waals surface area contributed by atoms with E-state index in [-0.39, 0.29) is 17.4 Å². The Hall–Kier alpha value is -3.36. The summed E-state index contributed by atoms with van der Waals surface area (Å²) in [7, 11) is 0. The minimum atomic E-state index is -4.63. The van der Waals surface area contributed by atoms with E-state index in [1.165, 1.54) is 0 Å². The summed E-state index contributed by atoms with van der Waals surface area (Å²) in [6.07, 6.45) is -4.02. The minimum Gasteiger partial charge on any atom is -0.354 e. The zero-order valence-corrected chi connectivity index (χ0v) is 16.1. The van der Waals surface area contributed by atoms with Gasteiger partial charge in [0.25, 0.3) is 0 Å². The summed E-state index contributed by atoms with van der Waals surface area (Å²) >= 11 is 0. The number of nitrogens with zero attached hydrogens (tertiary/aromatic N) is 4. The third-order valence-electron chi connectivity index (χ3n) is 4.94. The van der Waals surface area contributed by atoms with Crippen molar-refractivity contribution >= 4 is 28.4 Å². The number of carbonyl (C=O) groups is 1. The fourth-order valence-electron chi connectivity index (χ4n) is 3.48. The smallest absolute Gasteiger partial charge is 0.354 e. The third kappa shape index (κ3) is 4.29. The fraction of sp³-hybridized carbons (Fsp3) is 0.286. The number of hydrogen-bond donors (Lipinski definition) is 1. The van der Waals surface area contributed by atoms with Crippen LogP contribution in [0.1, 0.15) is 12.2 Å². The zero-order chi connectivity index (χ0) is 21.1. The molecular weight excluding hydrogens is 395 g/mol. The number of nitrogens with one attached hydrogen (secondary N) is 1. The van der Waals surface area contributed by atoms with Crippen LogP contribution in [-0.4, -0.2) is 47.1 Å². The number of halogens is 3. The van der Waals surface area contributed by atoms with Crippen LogP contribution in [0.25, 0.3) is 10.9 Å². The highest BCUT2D eigenvalue weighted by Crippen LogP contribution is 2.32. The monoisotopic (exact) mass is 415 g/mol. The molecule has 1 aliphatic heterocycles. The fourth-order valence-corrected chi connectivity index (χ4v) is 3.48. The van der Waals surface area contributed by atoms with E-state index in [0.717, 1.165) is 0 Å². The van der Waals surface area contributed by atoms with Gasteiger partial charge in [-0.1, -0.05) is 30.3 Å². The molecule has 0 spiro atoms. The van der Waals surface area contributed by atoms with Gasteiger partial charge in [-0.05, 0) is 30.7 Å². The minimum absolute atomic E-state index is 0.230. The summed E-state index contributed by atoms with van der Waals surface area (Å²) in [6.45, 7) is 1.75. The molecule has 1 fully saturated rings. The van der Waals surface area contributed by atoms with Gasteiger partial charge in [-0.15, -0.1) is 0 Å². The summed E-state index contributed by atoms with van der Waals surface area (Å²) in [5.41, 5.74) is 0.943. The number of hydrogen-bond acceptors (Lipinski definition) is 4. The number of aromatic nitrogens is 2. The van der Waals surface area contributed by atoms with Crippen LogP contribution in [0.15, 0.2) is 54.6 Å². The first-order chi connectivity index (χ1) is 14.4. The van der Waals surface area contributed by atoms with Gasteiger partial charge in [-0.25, -0.2) is 14.8 Å². The van der Waals surface area contributed by atoms with Crippen LogP contribution in [0.4, 0.5) is 29.5 Å². The molecule has 1 saturated heterocycles. The molecule has 30 heavy (non-hydrogen) atoms. The number of anilines is 2. The Kier molecular flexibility index (Phi) is 5.43. The quantitative estimate of drug-likeness (QED) is 0.674. The van der Waals surface area contributed by atoms with E-state index in [1.807, 2.05) is 18.2 Å². The molecule has 0 radical (unpaired) electrons. The van der Waals surface area contributed by atoms with Gasteiger partial charge in [-0.3, -0.25) is 0 Å². The second kappa shape index (κ2) is 8.17. The zero-order valence-electron chi connectivity index (χ0n) is 16.1. The van der Waals surface area contributed by atoms with Crippen LogP contribution in [0.2, 0.25) is 0 Å². The molecule has 4 rings (SSSR count). The lowest BCUT2D eigenvalue weighted by Crippen LogP contribution is -2.38. The van der Waals surface area contributed by atoms with Crippen LogP contribution in [-0.2, 0) is 6.18 Å². The molecule has 3 aromatic rings. The van der Waals surface area contributed by atoms with E-state index in [2.05, 4.69) is 15.3 Å². The molecule has 2 aromatic carbocycles. The second-order valence-corrected chi connectivity index (χ2v) is 7.01.